The maximum Gasteiger partial charge on any atom is 0.0485 e. The lowest BCUT2D eigenvalue weighted by atomic mass is 10.0. The van der Waals surface area contributed by atoms with Crippen molar-refractivity contribution in [3.05, 3.63) is 23.5 Å². The van der Waals surface area contributed by atoms with E-state index in [1.54, 1.807) is 0 Å². The molecular formula is C13H24N2. The van der Waals surface area contributed by atoms with Gasteiger partial charge in [0.1, 0.15) is 0 Å². The van der Waals surface area contributed by atoms with Crippen LogP contribution in [0, 0.1) is 19.8 Å². The number of aromatic nitrogens is 1. The van der Waals surface area contributed by atoms with Crippen LogP contribution in [-0.4, -0.2) is 30.1 Å². The zero-order chi connectivity index (χ0) is 11.6. The van der Waals surface area contributed by atoms with Crippen molar-refractivity contribution in [2.75, 3.05) is 20.6 Å². The van der Waals surface area contributed by atoms with Gasteiger partial charge < -0.3 is 9.47 Å². The molecule has 0 saturated carbocycles. The van der Waals surface area contributed by atoms with Crippen LogP contribution in [0.3, 0.4) is 0 Å². The summed E-state index contributed by atoms with van der Waals surface area (Å²) in [5.74, 6) is 0.664. The van der Waals surface area contributed by atoms with Crippen molar-refractivity contribution in [2.24, 2.45) is 5.92 Å². The molecule has 86 valence electrons. The predicted octanol–water partition coefficient (Wildman–Crippen LogP) is 2.86. The maximum absolute atomic E-state index is 2.46. The molecule has 1 atom stereocenters. The van der Waals surface area contributed by atoms with E-state index in [2.05, 4.69) is 63.4 Å². The van der Waals surface area contributed by atoms with Crippen molar-refractivity contribution >= 4 is 0 Å². The second-order valence-electron chi connectivity index (χ2n) is 5.06. The standard InChI is InChI=1S/C13H24N2/c1-10(2)13(9-14(5)6)15-11(3)7-8-12(15)4/h7-8,10,13H,9H2,1-6H3. The Labute approximate surface area is 93.9 Å². The molecule has 2 heteroatoms. The summed E-state index contributed by atoms with van der Waals surface area (Å²) >= 11 is 0. The van der Waals surface area contributed by atoms with Crippen LogP contribution in [0.4, 0.5) is 0 Å². The third kappa shape index (κ3) is 2.85. The molecule has 1 aromatic rings. The van der Waals surface area contributed by atoms with E-state index in [9.17, 15) is 0 Å². The topological polar surface area (TPSA) is 8.17 Å². The Balaban J connectivity index is 2.98. The molecule has 0 fully saturated rings. The summed E-state index contributed by atoms with van der Waals surface area (Å²) in [6.07, 6.45) is 0. The highest BCUT2D eigenvalue weighted by molar-refractivity contribution is 5.15. The number of likely N-dealkylation sites (N-methyl/N-ethyl adjacent to an activating group) is 1. The highest BCUT2D eigenvalue weighted by Gasteiger charge is 2.18. The van der Waals surface area contributed by atoms with E-state index in [-0.39, 0.29) is 0 Å². The Morgan fingerprint density at radius 1 is 1.13 bits per heavy atom. The zero-order valence-electron chi connectivity index (χ0n) is 10.9. The molecule has 2 nitrogen and oxygen atoms in total. The quantitative estimate of drug-likeness (QED) is 0.738. The number of hydrogen-bond donors (Lipinski definition) is 0. The van der Waals surface area contributed by atoms with Gasteiger partial charge in [-0.15, -0.1) is 0 Å². The van der Waals surface area contributed by atoms with Gasteiger partial charge in [0.25, 0.3) is 0 Å². The molecule has 0 aromatic carbocycles. The van der Waals surface area contributed by atoms with Crippen LogP contribution in [0.25, 0.3) is 0 Å². The van der Waals surface area contributed by atoms with Gasteiger partial charge >= 0.3 is 0 Å². The van der Waals surface area contributed by atoms with Crippen LogP contribution in [0.15, 0.2) is 12.1 Å². The summed E-state index contributed by atoms with van der Waals surface area (Å²) in [5.41, 5.74) is 2.74. The van der Waals surface area contributed by atoms with E-state index in [1.807, 2.05) is 0 Å². The Kier molecular flexibility index (Phi) is 3.97. The fourth-order valence-corrected chi connectivity index (χ4v) is 2.17. The molecule has 0 radical (unpaired) electrons. The van der Waals surface area contributed by atoms with E-state index < -0.39 is 0 Å². The van der Waals surface area contributed by atoms with Gasteiger partial charge in [0.05, 0.1) is 0 Å². The minimum Gasteiger partial charge on any atom is -0.345 e. The Morgan fingerprint density at radius 3 is 1.93 bits per heavy atom. The summed E-state index contributed by atoms with van der Waals surface area (Å²) in [6.45, 7) is 10.1. The number of nitrogens with zero attached hydrogens (tertiary/aromatic N) is 2. The summed E-state index contributed by atoms with van der Waals surface area (Å²) in [4.78, 5) is 2.27. The lowest BCUT2D eigenvalue weighted by molar-refractivity contribution is 0.264. The Bertz CT molecular complexity index is 291. The van der Waals surface area contributed by atoms with Crippen molar-refractivity contribution in [1.29, 1.82) is 0 Å². The first-order chi connectivity index (χ1) is 6.93. The van der Waals surface area contributed by atoms with Gasteiger partial charge in [0.2, 0.25) is 0 Å². The molecule has 1 heterocycles. The van der Waals surface area contributed by atoms with E-state index >= 15 is 0 Å². The molecule has 0 spiro atoms. The van der Waals surface area contributed by atoms with Gasteiger partial charge in [-0.1, -0.05) is 13.8 Å². The van der Waals surface area contributed by atoms with Crippen LogP contribution in [-0.2, 0) is 0 Å². The van der Waals surface area contributed by atoms with Crippen molar-refractivity contribution < 1.29 is 0 Å². The van der Waals surface area contributed by atoms with Gasteiger partial charge in [-0.2, -0.15) is 0 Å². The van der Waals surface area contributed by atoms with Crippen LogP contribution >= 0.6 is 0 Å². The highest BCUT2D eigenvalue weighted by Crippen LogP contribution is 2.23. The minimum absolute atomic E-state index is 0.579. The summed E-state index contributed by atoms with van der Waals surface area (Å²) in [6, 6.07) is 5.00. The maximum atomic E-state index is 2.46. The fraction of sp³-hybridized carbons (Fsp3) is 0.692. The summed E-state index contributed by atoms with van der Waals surface area (Å²) < 4.78 is 2.46. The number of rotatable bonds is 4. The van der Waals surface area contributed by atoms with Crippen LogP contribution in [0.1, 0.15) is 31.3 Å². The first kappa shape index (κ1) is 12.3. The molecule has 0 bridgehead atoms. The summed E-state index contributed by atoms with van der Waals surface area (Å²) in [5, 5.41) is 0. The van der Waals surface area contributed by atoms with Crippen molar-refractivity contribution in [3.63, 3.8) is 0 Å². The van der Waals surface area contributed by atoms with Gasteiger partial charge in [-0.25, -0.2) is 0 Å². The average Bonchev–Trinajstić information content (AvgIpc) is 2.42. The SMILES string of the molecule is Cc1ccc(C)n1C(CN(C)C)C(C)C. The molecule has 0 aliphatic heterocycles. The van der Waals surface area contributed by atoms with Gasteiger partial charge in [-0.05, 0) is 46.0 Å². The van der Waals surface area contributed by atoms with Crippen molar-refractivity contribution in [1.82, 2.24) is 9.47 Å². The smallest absolute Gasteiger partial charge is 0.0485 e. The molecule has 1 rings (SSSR count). The number of hydrogen-bond acceptors (Lipinski definition) is 1. The minimum atomic E-state index is 0.579. The fourth-order valence-electron chi connectivity index (χ4n) is 2.17. The zero-order valence-corrected chi connectivity index (χ0v) is 10.9. The lowest BCUT2D eigenvalue weighted by Gasteiger charge is -2.29. The van der Waals surface area contributed by atoms with Crippen LogP contribution in [0.2, 0.25) is 0 Å². The third-order valence-electron chi connectivity index (χ3n) is 2.98. The van der Waals surface area contributed by atoms with E-state index in [0.717, 1.165) is 6.54 Å². The molecule has 0 N–H and O–H groups in total. The largest absolute Gasteiger partial charge is 0.345 e. The molecule has 0 saturated heterocycles. The van der Waals surface area contributed by atoms with E-state index in [1.165, 1.54) is 11.4 Å². The van der Waals surface area contributed by atoms with Crippen molar-refractivity contribution in [2.45, 2.75) is 33.7 Å². The molecule has 0 amide bonds. The second-order valence-corrected chi connectivity index (χ2v) is 5.06. The van der Waals surface area contributed by atoms with Crippen molar-refractivity contribution in [3.8, 4) is 0 Å². The van der Waals surface area contributed by atoms with Gasteiger partial charge in [0.15, 0.2) is 0 Å². The van der Waals surface area contributed by atoms with E-state index in [4.69, 9.17) is 0 Å². The normalized spacial score (nSPS) is 13.9. The molecule has 1 aromatic heterocycles. The third-order valence-corrected chi connectivity index (χ3v) is 2.98. The monoisotopic (exact) mass is 208 g/mol. The molecular weight excluding hydrogens is 184 g/mol. The first-order valence-corrected chi connectivity index (χ1v) is 5.72. The predicted molar refractivity (Wildman–Crippen MR) is 66.3 cm³/mol. The molecule has 0 aliphatic rings. The second kappa shape index (κ2) is 4.84. The van der Waals surface area contributed by atoms with Crippen LogP contribution < -0.4 is 0 Å². The summed E-state index contributed by atoms with van der Waals surface area (Å²) in [7, 11) is 4.28. The van der Waals surface area contributed by atoms with Gasteiger partial charge in [-0.3, -0.25) is 0 Å². The molecule has 0 aliphatic carbocycles. The Morgan fingerprint density at radius 2 is 1.60 bits per heavy atom. The van der Waals surface area contributed by atoms with Gasteiger partial charge in [0, 0.05) is 24.0 Å². The molecule has 1 unspecified atom stereocenters. The Hall–Kier alpha value is -0.760. The van der Waals surface area contributed by atoms with Crippen LogP contribution in [0.5, 0.6) is 0 Å². The highest BCUT2D eigenvalue weighted by atomic mass is 15.1. The average molecular weight is 208 g/mol. The number of aryl methyl sites for hydroxylation is 2. The first-order valence-electron chi connectivity index (χ1n) is 5.72. The lowest BCUT2D eigenvalue weighted by Crippen LogP contribution is -2.29. The van der Waals surface area contributed by atoms with E-state index in [0.29, 0.717) is 12.0 Å². The molecule has 15 heavy (non-hydrogen) atoms.